The van der Waals surface area contributed by atoms with Crippen molar-refractivity contribution in [2.75, 3.05) is 23.7 Å². The second kappa shape index (κ2) is 6.61. The summed E-state index contributed by atoms with van der Waals surface area (Å²) in [5, 5.41) is 0. The van der Waals surface area contributed by atoms with Gasteiger partial charge in [-0.05, 0) is 32.0 Å². The SMILES string of the molecule is CCN(CC)c1ccc(N)c(S(=O)(=O)[O-])c1.[Na+]. The predicted octanol–water partition coefficient (Wildman–Crippen LogP) is -1.98. The van der Waals surface area contributed by atoms with Crippen LogP contribution in [-0.2, 0) is 10.1 Å². The van der Waals surface area contributed by atoms with Crippen LogP contribution in [0.5, 0.6) is 0 Å². The fraction of sp³-hybridized carbons (Fsp3) is 0.400. The van der Waals surface area contributed by atoms with E-state index in [1.807, 2.05) is 18.7 Å². The molecule has 0 heterocycles. The summed E-state index contributed by atoms with van der Waals surface area (Å²) in [4.78, 5) is 1.59. The first-order valence-electron chi connectivity index (χ1n) is 5.00. The largest absolute Gasteiger partial charge is 1.00 e. The Morgan fingerprint density at radius 1 is 1.29 bits per heavy atom. The minimum absolute atomic E-state index is 0. The van der Waals surface area contributed by atoms with Gasteiger partial charge in [0.2, 0.25) is 0 Å². The maximum atomic E-state index is 11.0. The molecule has 0 saturated heterocycles. The Labute approximate surface area is 124 Å². The van der Waals surface area contributed by atoms with E-state index in [2.05, 4.69) is 0 Å². The molecule has 0 saturated carbocycles. The first-order chi connectivity index (χ1) is 7.40. The van der Waals surface area contributed by atoms with Gasteiger partial charge in [0.1, 0.15) is 10.1 Å². The first-order valence-corrected chi connectivity index (χ1v) is 6.41. The van der Waals surface area contributed by atoms with Gasteiger partial charge in [-0.1, -0.05) is 0 Å². The number of rotatable bonds is 4. The first kappa shape index (κ1) is 16.7. The molecule has 0 aliphatic heterocycles. The number of nitrogens with zero attached hydrogens (tertiary/aromatic N) is 1. The van der Waals surface area contributed by atoms with E-state index < -0.39 is 10.1 Å². The maximum Gasteiger partial charge on any atom is 1.00 e. The summed E-state index contributed by atoms with van der Waals surface area (Å²) in [5.41, 5.74) is 6.14. The van der Waals surface area contributed by atoms with Crippen LogP contribution in [0.3, 0.4) is 0 Å². The van der Waals surface area contributed by atoms with E-state index in [-0.39, 0.29) is 40.1 Å². The van der Waals surface area contributed by atoms with Crippen molar-refractivity contribution in [3.63, 3.8) is 0 Å². The van der Waals surface area contributed by atoms with Crippen molar-refractivity contribution in [3.05, 3.63) is 18.2 Å². The van der Waals surface area contributed by atoms with Crippen LogP contribution in [0.15, 0.2) is 23.1 Å². The van der Waals surface area contributed by atoms with E-state index in [0.29, 0.717) is 5.69 Å². The predicted molar refractivity (Wildman–Crippen MR) is 62.4 cm³/mol. The van der Waals surface area contributed by atoms with Crippen molar-refractivity contribution in [1.82, 2.24) is 0 Å². The Balaban J connectivity index is 0.00000256. The molecule has 1 rings (SSSR count). The molecule has 0 spiro atoms. The van der Waals surface area contributed by atoms with Crippen molar-refractivity contribution < 1.29 is 42.5 Å². The Kier molecular flexibility index (Phi) is 6.50. The number of anilines is 2. The molecule has 0 radical (unpaired) electrons. The molecular weight excluding hydrogens is 251 g/mol. The standard InChI is InChI=1S/C10H16N2O3S.Na/c1-3-12(4-2)8-5-6-9(11)10(7-8)16(13,14)15;/h5-7H,3-4,11H2,1-2H3,(H,13,14,15);/q;+1/p-1. The molecule has 2 N–H and O–H groups in total. The van der Waals surface area contributed by atoms with Crippen molar-refractivity contribution in [1.29, 1.82) is 0 Å². The quantitative estimate of drug-likeness (QED) is 0.388. The van der Waals surface area contributed by atoms with Crippen LogP contribution in [0, 0.1) is 0 Å². The van der Waals surface area contributed by atoms with E-state index in [0.717, 1.165) is 13.1 Å². The summed E-state index contributed by atoms with van der Waals surface area (Å²) in [6.07, 6.45) is 0. The van der Waals surface area contributed by atoms with Gasteiger partial charge in [-0.25, -0.2) is 8.42 Å². The summed E-state index contributed by atoms with van der Waals surface area (Å²) < 4.78 is 32.9. The van der Waals surface area contributed by atoms with Crippen molar-refractivity contribution in [2.45, 2.75) is 18.7 Å². The summed E-state index contributed by atoms with van der Waals surface area (Å²) in [7, 11) is -4.51. The zero-order valence-corrected chi connectivity index (χ0v) is 13.1. The summed E-state index contributed by atoms with van der Waals surface area (Å²) in [6.45, 7) is 5.37. The second-order valence-electron chi connectivity index (χ2n) is 3.35. The van der Waals surface area contributed by atoms with Gasteiger partial charge in [0.05, 0.1) is 4.90 Å². The Hall–Kier alpha value is -0.270. The molecule has 0 aromatic heterocycles. The van der Waals surface area contributed by atoms with E-state index in [1.165, 1.54) is 12.1 Å². The smallest absolute Gasteiger partial charge is 0.744 e. The van der Waals surface area contributed by atoms with E-state index in [4.69, 9.17) is 5.73 Å². The molecule has 0 unspecified atom stereocenters. The van der Waals surface area contributed by atoms with Crippen LogP contribution in [-0.4, -0.2) is 26.1 Å². The van der Waals surface area contributed by atoms with Gasteiger partial charge >= 0.3 is 29.6 Å². The van der Waals surface area contributed by atoms with Crippen LogP contribution < -0.4 is 40.2 Å². The van der Waals surface area contributed by atoms with Crippen molar-refractivity contribution in [2.24, 2.45) is 0 Å². The molecule has 17 heavy (non-hydrogen) atoms. The third-order valence-corrected chi connectivity index (χ3v) is 3.29. The number of hydrogen-bond donors (Lipinski definition) is 1. The van der Waals surface area contributed by atoms with Crippen molar-refractivity contribution in [3.8, 4) is 0 Å². The minimum atomic E-state index is -4.51. The number of benzene rings is 1. The molecule has 1 aromatic rings. The maximum absolute atomic E-state index is 11.0. The monoisotopic (exact) mass is 266 g/mol. The number of hydrogen-bond acceptors (Lipinski definition) is 5. The molecule has 0 bridgehead atoms. The van der Waals surface area contributed by atoms with E-state index in [9.17, 15) is 13.0 Å². The van der Waals surface area contributed by atoms with Crippen LogP contribution in [0.25, 0.3) is 0 Å². The average molecular weight is 266 g/mol. The zero-order chi connectivity index (χ0) is 12.3. The topological polar surface area (TPSA) is 86.5 Å². The van der Waals surface area contributed by atoms with Crippen LogP contribution in [0.4, 0.5) is 11.4 Å². The molecule has 0 atom stereocenters. The van der Waals surface area contributed by atoms with E-state index in [1.54, 1.807) is 6.07 Å². The summed E-state index contributed by atoms with van der Waals surface area (Å²) >= 11 is 0. The molecule has 5 nitrogen and oxygen atoms in total. The summed E-state index contributed by atoms with van der Waals surface area (Å²) in [6, 6.07) is 4.47. The van der Waals surface area contributed by atoms with Gasteiger partial charge in [-0.15, -0.1) is 0 Å². The molecule has 90 valence electrons. The molecule has 7 heteroatoms. The third-order valence-electron chi connectivity index (χ3n) is 2.40. The van der Waals surface area contributed by atoms with Crippen LogP contribution in [0.2, 0.25) is 0 Å². The van der Waals surface area contributed by atoms with Crippen LogP contribution in [0.1, 0.15) is 13.8 Å². The van der Waals surface area contributed by atoms with Gasteiger partial charge in [-0.3, -0.25) is 0 Å². The Morgan fingerprint density at radius 3 is 2.24 bits per heavy atom. The fourth-order valence-electron chi connectivity index (χ4n) is 1.53. The Morgan fingerprint density at radius 2 is 1.82 bits per heavy atom. The Bertz CT molecular complexity index is 472. The second-order valence-corrected chi connectivity index (χ2v) is 4.70. The average Bonchev–Trinajstić information content (AvgIpc) is 2.20. The van der Waals surface area contributed by atoms with Gasteiger partial charge in [-0.2, -0.15) is 0 Å². The summed E-state index contributed by atoms with van der Waals surface area (Å²) in [5.74, 6) is 0. The van der Waals surface area contributed by atoms with E-state index >= 15 is 0 Å². The van der Waals surface area contributed by atoms with Gasteiger partial charge < -0.3 is 15.2 Å². The molecule has 0 aliphatic rings. The third kappa shape index (κ3) is 4.15. The van der Waals surface area contributed by atoms with Gasteiger partial charge in [0.25, 0.3) is 0 Å². The molecule has 0 fully saturated rings. The van der Waals surface area contributed by atoms with Crippen molar-refractivity contribution >= 4 is 21.5 Å². The molecule has 1 aromatic carbocycles. The zero-order valence-electron chi connectivity index (χ0n) is 10.3. The van der Waals surface area contributed by atoms with Gasteiger partial charge in [0, 0.05) is 24.5 Å². The number of nitrogens with two attached hydrogens (primary N) is 1. The fourth-order valence-corrected chi connectivity index (χ4v) is 2.15. The molecule has 0 amide bonds. The van der Waals surface area contributed by atoms with Crippen LogP contribution >= 0.6 is 0 Å². The minimum Gasteiger partial charge on any atom is -0.744 e. The molecular formula is C10H15N2NaO3S. The normalized spacial score (nSPS) is 10.8. The number of nitrogen functional groups attached to an aromatic ring is 1. The molecule has 0 aliphatic carbocycles. The van der Waals surface area contributed by atoms with Gasteiger partial charge in [0.15, 0.2) is 0 Å².